The van der Waals surface area contributed by atoms with Crippen molar-refractivity contribution in [2.75, 3.05) is 24.4 Å². The minimum Gasteiger partial charge on any atom is -0.378 e. The van der Waals surface area contributed by atoms with Crippen LogP contribution < -0.4 is 16.2 Å². The maximum Gasteiger partial charge on any atom is 0.103 e. The highest BCUT2D eigenvalue weighted by molar-refractivity contribution is 5.95. The lowest BCUT2D eigenvalue weighted by Crippen LogP contribution is -2.11. The van der Waals surface area contributed by atoms with E-state index in [1.807, 2.05) is 37.2 Å². The van der Waals surface area contributed by atoms with E-state index in [2.05, 4.69) is 16.5 Å². The van der Waals surface area contributed by atoms with Crippen LogP contribution in [0.3, 0.4) is 0 Å². The average Bonchev–Trinajstić information content (AvgIpc) is 2.36. The largest absolute Gasteiger partial charge is 0.378 e. The van der Waals surface area contributed by atoms with E-state index >= 15 is 0 Å². The third-order valence-electron chi connectivity index (χ3n) is 2.63. The molecule has 1 heterocycles. The van der Waals surface area contributed by atoms with Gasteiger partial charge in [0.05, 0.1) is 16.8 Å². The molecule has 5 heteroatoms. The van der Waals surface area contributed by atoms with Gasteiger partial charge in [0.25, 0.3) is 0 Å². The number of nitrogen functional groups attached to an aromatic ring is 1. The number of fused-ring (bicyclic) bond motifs is 1. The summed E-state index contributed by atoms with van der Waals surface area (Å²) in [4.78, 5) is 6.21. The Bertz CT molecular complexity index is 598. The molecule has 2 rings (SSSR count). The van der Waals surface area contributed by atoms with Crippen LogP contribution in [-0.2, 0) is 0 Å². The summed E-state index contributed by atoms with van der Waals surface area (Å²) in [6.45, 7) is 0. The second-order valence-corrected chi connectivity index (χ2v) is 3.90. The lowest BCUT2D eigenvalue weighted by Gasteiger charge is -2.14. The number of aromatic nitrogens is 1. The van der Waals surface area contributed by atoms with Crippen LogP contribution in [0.4, 0.5) is 11.4 Å². The molecule has 0 aliphatic heterocycles. The van der Waals surface area contributed by atoms with Crippen LogP contribution in [0.1, 0.15) is 5.56 Å². The Kier molecular flexibility index (Phi) is 2.81. The number of hydrogen-bond donors (Lipinski definition) is 2. The smallest absolute Gasteiger partial charge is 0.103 e. The van der Waals surface area contributed by atoms with Crippen LogP contribution in [0.25, 0.3) is 10.9 Å². The number of hydrogen-bond acceptors (Lipinski definition) is 5. The van der Waals surface area contributed by atoms with Gasteiger partial charge in [0.1, 0.15) is 6.07 Å². The first-order chi connectivity index (χ1) is 8.17. The molecule has 86 valence electrons. The number of nitriles is 1. The van der Waals surface area contributed by atoms with Gasteiger partial charge in [0, 0.05) is 31.4 Å². The fraction of sp³-hybridized carbons (Fsp3) is 0.167. The first kappa shape index (κ1) is 11.2. The maximum atomic E-state index is 8.99. The lowest BCUT2D eigenvalue weighted by atomic mass is 10.1. The third kappa shape index (κ3) is 1.86. The van der Waals surface area contributed by atoms with Gasteiger partial charge in [0.15, 0.2) is 0 Å². The topological polar surface area (TPSA) is 78.0 Å². The van der Waals surface area contributed by atoms with Gasteiger partial charge < -0.3 is 10.3 Å². The number of anilines is 2. The maximum absolute atomic E-state index is 8.99. The van der Waals surface area contributed by atoms with E-state index in [1.54, 1.807) is 0 Å². The van der Waals surface area contributed by atoms with E-state index in [0.29, 0.717) is 11.3 Å². The summed E-state index contributed by atoms with van der Waals surface area (Å²) >= 11 is 0. The summed E-state index contributed by atoms with van der Waals surface area (Å²) < 4.78 is 0. The second kappa shape index (κ2) is 4.28. The SMILES string of the molecule is CN(C)c1ccc2ncc(C#N)c(NN)c2c1. The highest BCUT2D eigenvalue weighted by atomic mass is 15.2. The van der Waals surface area contributed by atoms with Crippen molar-refractivity contribution in [2.45, 2.75) is 0 Å². The van der Waals surface area contributed by atoms with E-state index in [1.165, 1.54) is 6.20 Å². The zero-order valence-corrected chi connectivity index (χ0v) is 9.73. The Morgan fingerprint density at radius 2 is 2.18 bits per heavy atom. The normalized spacial score (nSPS) is 10.0. The minimum absolute atomic E-state index is 0.441. The first-order valence-electron chi connectivity index (χ1n) is 5.14. The molecule has 1 aromatic heterocycles. The molecule has 3 N–H and O–H groups in total. The zero-order valence-electron chi connectivity index (χ0n) is 9.73. The number of rotatable bonds is 2. The summed E-state index contributed by atoms with van der Waals surface area (Å²) in [5.41, 5.74) is 5.47. The summed E-state index contributed by atoms with van der Waals surface area (Å²) in [5.74, 6) is 5.48. The van der Waals surface area contributed by atoms with Crippen molar-refractivity contribution < 1.29 is 0 Å². The Morgan fingerprint density at radius 3 is 2.76 bits per heavy atom. The van der Waals surface area contributed by atoms with Crippen molar-refractivity contribution in [3.63, 3.8) is 0 Å². The molecule has 5 nitrogen and oxygen atoms in total. The summed E-state index contributed by atoms with van der Waals surface area (Å²) in [6, 6.07) is 7.91. The average molecular weight is 227 g/mol. The van der Waals surface area contributed by atoms with Crippen LogP contribution in [0.15, 0.2) is 24.4 Å². The Labute approximate surface area is 99.4 Å². The van der Waals surface area contributed by atoms with Gasteiger partial charge >= 0.3 is 0 Å². The molecular weight excluding hydrogens is 214 g/mol. The molecule has 1 aromatic carbocycles. The van der Waals surface area contributed by atoms with E-state index < -0.39 is 0 Å². The summed E-state index contributed by atoms with van der Waals surface area (Å²) in [6.07, 6.45) is 1.52. The van der Waals surface area contributed by atoms with Gasteiger partial charge in [-0.15, -0.1) is 0 Å². The number of nitrogens with zero attached hydrogens (tertiary/aromatic N) is 3. The van der Waals surface area contributed by atoms with Crippen molar-refractivity contribution in [1.29, 1.82) is 5.26 Å². The fourth-order valence-corrected chi connectivity index (χ4v) is 1.70. The molecule has 0 aliphatic rings. The molecule has 0 fully saturated rings. The summed E-state index contributed by atoms with van der Waals surface area (Å²) in [5, 5.41) is 9.84. The first-order valence-corrected chi connectivity index (χ1v) is 5.14. The summed E-state index contributed by atoms with van der Waals surface area (Å²) in [7, 11) is 3.91. The highest BCUT2D eigenvalue weighted by Crippen LogP contribution is 2.28. The molecule has 0 radical (unpaired) electrons. The van der Waals surface area contributed by atoms with Crippen molar-refractivity contribution in [1.82, 2.24) is 4.98 Å². The van der Waals surface area contributed by atoms with Gasteiger partial charge in [0.2, 0.25) is 0 Å². The van der Waals surface area contributed by atoms with Gasteiger partial charge in [-0.1, -0.05) is 0 Å². The van der Waals surface area contributed by atoms with Crippen LogP contribution in [0, 0.1) is 11.3 Å². The number of nitrogens with one attached hydrogen (secondary N) is 1. The number of nitrogens with two attached hydrogens (primary N) is 1. The van der Waals surface area contributed by atoms with Gasteiger partial charge in [-0.05, 0) is 18.2 Å². The van der Waals surface area contributed by atoms with E-state index in [9.17, 15) is 0 Å². The Hall–Kier alpha value is -2.32. The minimum atomic E-state index is 0.441. The molecular formula is C12H13N5. The standard InChI is InChI=1S/C12H13N5/c1-17(2)9-3-4-11-10(5-9)12(16-14)8(6-13)7-15-11/h3-5,7H,14H2,1-2H3,(H,15,16). The molecule has 0 amide bonds. The zero-order chi connectivity index (χ0) is 12.4. The number of benzene rings is 1. The van der Waals surface area contributed by atoms with Crippen LogP contribution in [0.5, 0.6) is 0 Å². The van der Waals surface area contributed by atoms with Crippen molar-refractivity contribution in [3.05, 3.63) is 30.0 Å². The molecule has 17 heavy (non-hydrogen) atoms. The van der Waals surface area contributed by atoms with Crippen LogP contribution in [-0.4, -0.2) is 19.1 Å². The second-order valence-electron chi connectivity index (χ2n) is 3.90. The van der Waals surface area contributed by atoms with Gasteiger partial charge in [-0.25, -0.2) is 0 Å². The van der Waals surface area contributed by atoms with Crippen LogP contribution >= 0.6 is 0 Å². The molecule has 0 spiro atoms. The third-order valence-corrected chi connectivity index (χ3v) is 2.63. The lowest BCUT2D eigenvalue weighted by molar-refractivity contribution is 1.13. The molecule has 0 unspecified atom stereocenters. The highest BCUT2D eigenvalue weighted by Gasteiger charge is 2.08. The fourth-order valence-electron chi connectivity index (χ4n) is 1.70. The van der Waals surface area contributed by atoms with E-state index in [4.69, 9.17) is 11.1 Å². The van der Waals surface area contributed by atoms with Crippen molar-refractivity contribution >= 4 is 22.3 Å². The predicted octanol–water partition coefficient (Wildman–Crippen LogP) is 1.46. The quantitative estimate of drug-likeness (QED) is 0.600. The molecule has 2 aromatic rings. The molecule has 0 aliphatic carbocycles. The van der Waals surface area contributed by atoms with Crippen molar-refractivity contribution in [2.24, 2.45) is 5.84 Å². The van der Waals surface area contributed by atoms with Gasteiger partial charge in [-0.3, -0.25) is 10.8 Å². The molecule has 0 saturated heterocycles. The van der Waals surface area contributed by atoms with E-state index in [-0.39, 0.29) is 0 Å². The Balaban J connectivity index is 2.77. The van der Waals surface area contributed by atoms with Crippen LogP contribution in [0.2, 0.25) is 0 Å². The molecule has 0 saturated carbocycles. The molecule has 0 bridgehead atoms. The van der Waals surface area contributed by atoms with Gasteiger partial charge in [-0.2, -0.15) is 5.26 Å². The monoisotopic (exact) mass is 227 g/mol. The van der Waals surface area contributed by atoms with E-state index in [0.717, 1.165) is 16.6 Å². The Morgan fingerprint density at radius 1 is 1.41 bits per heavy atom. The molecule has 0 atom stereocenters. The predicted molar refractivity (Wildman–Crippen MR) is 68.6 cm³/mol. The number of pyridine rings is 1. The number of hydrazine groups is 1. The van der Waals surface area contributed by atoms with Crippen molar-refractivity contribution in [3.8, 4) is 6.07 Å².